The predicted molar refractivity (Wildman–Crippen MR) is 97.0 cm³/mol. The lowest BCUT2D eigenvalue weighted by Crippen LogP contribution is -2.60. The number of likely N-dealkylation sites (tertiary alicyclic amines) is 1. The molecule has 2 aliphatic carbocycles. The lowest BCUT2D eigenvalue weighted by Gasteiger charge is -2.56. The van der Waals surface area contributed by atoms with Gasteiger partial charge in [-0.05, 0) is 44.1 Å². The molecule has 1 aromatic rings. The summed E-state index contributed by atoms with van der Waals surface area (Å²) >= 11 is 3.66. The number of methoxy groups -OCH3 is 2. The number of phenols is 1. The van der Waals surface area contributed by atoms with E-state index in [1.54, 1.807) is 14.2 Å². The van der Waals surface area contributed by atoms with Gasteiger partial charge in [0.25, 0.3) is 0 Å². The highest BCUT2D eigenvalue weighted by Crippen LogP contribution is 2.58. The summed E-state index contributed by atoms with van der Waals surface area (Å²) in [7, 11) is 5.24. The van der Waals surface area contributed by atoms with Gasteiger partial charge in [-0.2, -0.15) is 0 Å². The maximum atomic E-state index is 12.7. The molecule has 134 valence electrons. The number of phenolic OH excluding ortho intramolecular Hbond substituents is 1. The Hall–Kier alpha value is -1.53. The summed E-state index contributed by atoms with van der Waals surface area (Å²) < 4.78 is 11.6. The molecule has 25 heavy (non-hydrogen) atoms. The molecule has 6 heteroatoms. The highest BCUT2D eigenvalue weighted by molar-refractivity contribution is 9.10. The number of hydrogen-bond acceptors (Lipinski definition) is 5. The molecule has 2 bridgehead atoms. The van der Waals surface area contributed by atoms with E-state index in [4.69, 9.17) is 9.47 Å². The number of fused-ring (bicyclic) bond motifs is 1. The molecule has 4 rings (SSSR count). The van der Waals surface area contributed by atoms with E-state index in [1.165, 1.54) is 0 Å². The second-order valence-electron chi connectivity index (χ2n) is 7.28. The Morgan fingerprint density at radius 3 is 2.80 bits per heavy atom. The largest absolute Gasteiger partial charge is 0.504 e. The number of carbonyl (C=O) groups excluding carboxylic acids is 1. The number of piperidine rings is 1. The third-order valence-electron chi connectivity index (χ3n) is 6.28. The van der Waals surface area contributed by atoms with Crippen LogP contribution in [-0.4, -0.2) is 49.6 Å². The second-order valence-corrected chi connectivity index (χ2v) is 8.14. The van der Waals surface area contributed by atoms with E-state index in [9.17, 15) is 9.90 Å². The number of ether oxygens (including phenoxy) is 2. The molecule has 3 aliphatic rings. The number of nitrogens with zero attached hydrogens (tertiary/aromatic N) is 1. The molecule has 0 radical (unpaired) electrons. The fraction of sp³-hybridized carbons (Fsp3) is 0.526. The molecule has 1 heterocycles. The third-order valence-corrected chi connectivity index (χ3v) is 6.99. The first-order chi connectivity index (χ1) is 11.9. The fourth-order valence-corrected chi connectivity index (χ4v) is 5.63. The lowest BCUT2D eigenvalue weighted by molar-refractivity contribution is -0.122. The quantitative estimate of drug-likeness (QED) is 0.816. The third kappa shape index (κ3) is 2.20. The average Bonchev–Trinajstić information content (AvgIpc) is 2.59. The highest BCUT2D eigenvalue weighted by atomic mass is 79.9. The van der Waals surface area contributed by atoms with Crippen molar-refractivity contribution >= 4 is 21.7 Å². The Kier molecular flexibility index (Phi) is 3.88. The van der Waals surface area contributed by atoms with Crippen LogP contribution < -0.4 is 4.74 Å². The zero-order valence-corrected chi connectivity index (χ0v) is 16.2. The van der Waals surface area contributed by atoms with Gasteiger partial charge in [0.15, 0.2) is 23.0 Å². The van der Waals surface area contributed by atoms with Crippen molar-refractivity contribution in [1.82, 2.24) is 4.90 Å². The van der Waals surface area contributed by atoms with Crippen LogP contribution in [0.4, 0.5) is 0 Å². The van der Waals surface area contributed by atoms with Crippen LogP contribution in [0.2, 0.25) is 0 Å². The number of hydrogen-bond donors (Lipinski definition) is 1. The summed E-state index contributed by atoms with van der Waals surface area (Å²) in [5.74, 6) is 1.22. The maximum Gasteiger partial charge on any atom is 0.197 e. The van der Waals surface area contributed by atoms with Crippen LogP contribution in [0.15, 0.2) is 22.4 Å². The minimum absolute atomic E-state index is 0.00763. The van der Waals surface area contributed by atoms with E-state index < -0.39 is 5.41 Å². The van der Waals surface area contributed by atoms with Gasteiger partial charge in [0, 0.05) is 33.8 Å². The van der Waals surface area contributed by atoms with Gasteiger partial charge in [0.05, 0.1) is 14.2 Å². The van der Waals surface area contributed by atoms with Gasteiger partial charge in [-0.3, -0.25) is 4.79 Å². The number of aromatic hydroxyl groups is 1. The monoisotopic (exact) mass is 407 g/mol. The molecular formula is C19H22BrNO4. The Balaban J connectivity index is 2.01. The van der Waals surface area contributed by atoms with Crippen LogP contribution in [0.1, 0.15) is 24.0 Å². The van der Waals surface area contributed by atoms with Crippen molar-refractivity contribution in [3.8, 4) is 11.5 Å². The SMILES string of the molecule is COC1=CC2C3Cc4c(Br)cc(OC)c(O)c4[C@]2(CCN3C)CC1=O. The molecule has 1 N–H and O–H groups in total. The molecule has 1 fully saturated rings. The molecule has 3 atom stereocenters. The van der Waals surface area contributed by atoms with Crippen molar-refractivity contribution in [3.63, 3.8) is 0 Å². The van der Waals surface area contributed by atoms with Crippen molar-refractivity contribution in [3.05, 3.63) is 33.5 Å². The Labute approximate surface area is 155 Å². The van der Waals surface area contributed by atoms with Crippen LogP contribution >= 0.6 is 15.9 Å². The van der Waals surface area contributed by atoms with Crippen LogP contribution in [-0.2, 0) is 21.4 Å². The number of carbonyl (C=O) groups is 1. The number of halogens is 1. The van der Waals surface area contributed by atoms with E-state index in [2.05, 4.69) is 27.9 Å². The summed E-state index contributed by atoms with van der Waals surface area (Å²) in [5.41, 5.74) is 1.58. The maximum absolute atomic E-state index is 12.7. The standard InChI is InChI=1S/C19H22BrNO4/c1-21-5-4-19-9-14(22)15(24-2)7-11(19)13(21)6-10-12(20)8-16(25-3)18(23)17(10)19/h7-8,11,13,23H,4-6,9H2,1-3H3/t11?,13?,19-/m1/s1. The topological polar surface area (TPSA) is 59.0 Å². The number of allylic oxidation sites excluding steroid dienone is 1. The summed E-state index contributed by atoms with van der Waals surface area (Å²) in [6, 6.07) is 2.10. The zero-order valence-electron chi connectivity index (χ0n) is 14.6. The van der Waals surface area contributed by atoms with Crippen molar-refractivity contribution < 1.29 is 19.4 Å². The minimum atomic E-state index is -0.398. The first kappa shape index (κ1) is 16.9. The van der Waals surface area contributed by atoms with E-state index in [-0.39, 0.29) is 23.5 Å². The van der Waals surface area contributed by atoms with Crippen LogP contribution in [0.3, 0.4) is 0 Å². The Bertz CT molecular complexity index is 790. The van der Waals surface area contributed by atoms with Gasteiger partial charge in [0.2, 0.25) is 0 Å². The lowest BCUT2D eigenvalue weighted by atomic mass is 9.53. The van der Waals surface area contributed by atoms with E-state index in [1.807, 2.05) is 12.1 Å². The first-order valence-corrected chi connectivity index (χ1v) is 9.30. The second kappa shape index (κ2) is 5.74. The Morgan fingerprint density at radius 1 is 1.36 bits per heavy atom. The zero-order chi connectivity index (χ0) is 17.9. The molecule has 1 aromatic carbocycles. The fourth-order valence-electron chi connectivity index (χ4n) is 5.06. The molecule has 0 saturated carbocycles. The van der Waals surface area contributed by atoms with Crippen molar-refractivity contribution in [2.75, 3.05) is 27.8 Å². The van der Waals surface area contributed by atoms with E-state index >= 15 is 0 Å². The summed E-state index contributed by atoms with van der Waals surface area (Å²) in [6.45, 7) is 0.901. The summed E-state index contributed by atoms with van der Waals surface area (Å²) in [4.78, 5) is 15.0. The van der Waals surface area contributed by atoms with Crippen LogP contribution in [0.5, 0.6) is 11.5 Å². The molecule has 0 spiro atoms. The van der Waals surface area contributed by atoms with Crippen LogP contribution in [0.25, 0.3) is 0 Å². The van der Waals surface area contributed by atoms with E-state index in [0.29, 0.717) is 17.9 Å². The van der Waals surface area contributed by atoms with Gasteiger partial charge in [-0.1, -0.05) is 15.9 Å². The number of likely N-dealkylation sites (N-methyl/N-ethyl adjacent to an activating group) is 1. The number of rotatable bonds is 2. The normalized spacial score (nSPS) is 31.0. The summed E-state index contributed by atoms with van der Waals surface area (Å²) in [5, 5.41) is 11.0. The molecule has 1 saturated heterocycles. The van der Waals surface area contributed by atoms with Gasteiger partial charge in [-0.15, -0.1) is 0 Å². The number of benzene rings is 1. The predicted octanol–water partition coefficient (Wildman–Crippen LogP) is 2.78. The van der Waals surface area contributed by atoms with Gasteiger partial charge >= 0.3 is 0 Å². The highest BCUT2D eigenvalue weighted by Gasteiger charge is 2.57. The van der Waals surface area contributed by atoms with Crippen molar-refractivity contribution in [2.24, 2.45) is 5.92 Å². The summed E-state index contributed by atoms with van der Waals surface area (Å²) in [6.07, 6.45) is 3.99. The average molecular weight is 408 g/mol. The van der Waals surface area contributed by atoms with Gasteiger partial charge in [0.1, 0.15) is 0 Å². The van der Waals surface area contributed by atoms with E-state index in [0.717, 1.165) is 35.0 Å². The molecule has 2 unspecified atom stereocenters. The van der Waals surface area contributed by atoms with Crippen LogP contribution in [0, 0.1) is 5.92 Å². The van der Waals surface area contributed by atoms with Gasteiger partial charge in [-0.25, -0.2) is 0 Å². The van der Waals surface area contributed by atoms with Gasteiger partial charge < -0.3 is 19.5 Å². The molecule has 5 nitrogen and oxygen atoms in total. The minimum Gasteiger partial charge on any atom is -0.504 e. The molecule has 1 aliphatic heterocycles. The molecular weight excluding hydrogens is 386 g/mol. The first-order valence-electron chi connectivity index (χ1n) is 8.51. The molecule has 0 amide bonds. The van der Waals surface area contributed by atoms with Crippen molar-refractivity contribution in [2.45, 2.75) is 30.7 Å². The molecule has 0 aromatic heterocycles. The number of Topliss-reactive ketones (excluding diaryl/α,β-unsaturated/α-hetero) is 1. The smallest absolute Gasteiger partial charge is 0.197 e. The Morgan fingerprint density at radius 2 is 2.12 bits per heavy atom. The number of ketones is 1. The van der Waals surface area contributed by atoms with Crippen molar-refractivity contribution in [1.29, 1.82) is 0 Å².